The van der Waals surface area contributed by atoms with E-state index in [0.29, 0.717) is 38.5 Å². The second-order valence-electron chi connectivity index (χ2n) is 6.47. The summed E-state index contributed by atoms with van der Waals surface area (Å²) in [6.07, 6.45) is 1.72. The van der Waals surface area contributed by atoms with Crippen molar-refractivity contribution in [2.75, 3.05) is 39.4 Å². The minimum Gasteiger partial charge on any atom is -0.378 e. The summed E-state index contributed by atoms with van der Waals surface area (Å²) in [4.78, 5) is 16.3. The minimum atomic E-state index is -0.211. The van der Waals surface area contributed by atoms with Gasteiger partial charge in [0.15, 0.2) is 5.69 Å². The van der Waals surface area contributed by atoms with Gasteiger partial charge in [0, 0.05) is 32.7 Å². The molecular formula is C17H20FN5O2. The highest BCUT2D eigenvalue weighted by Crippen LogP contribution is 2.23. The third-order valence-corrected chi connectivity index (χ3v) is 4.63. The van der Waals surface area contributed by atoms with Gasteiger partial charge in [0.05, 0.1) is 25.5 Å². The molecule has 0 unspecified atom stereocenters. The lowest BCUT2D eigenvalue weighted by molar-refractivity contribution is 0.0299. The predicted octanol–water partition coefficient (Wildman–Crippen LogP) is 0.946. The van der Waals surface area contributed by atoms with Gasteiger partial charge in [0.1, 0.15) is 5.82 Å². The lowest BCUT2D eigenvalue weighted by atomic mass is 10.1. The van der Waals surface area contributed by atoms with Crippen LogP contribution in [0.15, 0.2) is 30.5 Å². The van der Waals surface area contributed by atoms with Crippen LogP contribution in [0.25, 0.3) is 0 Å². The first-order valence-electron chi connectivity index (χ1n) is 8.45. The Morgan fingerprint density at radius 2 is 2.08 bits per heavy atom. The summed E-state index contributed by atoms with van der Waals surface area (Å²) in [5.41, 5.74) is 1.34. The fraction of sp³-hybridized carbons (Fsp3) is 0.471. The molecule has 25 heavy (non-hydrogen) atoms. The van der Waals surface area contributed by atoms with Crippen LogP contribution >= 0.6 is 0 Å². The number of morpholine rings is 1. The predicted molar refractivity (Wildman–Crippen MR) is 87.5 cm³/mol. The molecule has 3 heterocycles. The first kappa shape index (κ1) is 16.2. The number of nitrogens with zero attached hydrogens (tertiary/aromatic N) is 5. The van der Waals surface area contributed by atoms with E-state index in [2.05, 4.69) is 15.2 Å². The molecule has 2 fully saturated rings. The molecule has 0 N–H and O–H groups in total. The standard InChI is InChI=1S/C17H20FN5O2/c18-14-3-1-2-13(8-14)9-21-10-15(11-21)23-12-16(19-20-23)17(24)22-4-6-25-7-5-22/h1-3,8,12,15H,4-7,9-11H2. The zero-order valence-corrected chi connectivity index (χ0v) is 13.8. The summed E-state index contributed by atoms with van der Waals surface area (Å²) < 4.78 is 20.2. The lowest BCUT2D eigenvalue weighted by Crippen LogP contribution is -2.47. The fourth-order valence-corrected chi connectivity index (χ4v) is 3.21. The molecule has 7 nitrogen and oxygen atoms in total. The second kappa shape index (κ2) is 6.89. The van der Waals surface area contributed by atoms with Crippen LogP contribution in [-0.2, 0) is 11.3 Å². The molecular weight excluding hydrogens is 325 g/mol. The Labute approximate surface area is 145 Å². The van der Waals surface area contributed by atoms with Crippen LogP contribution in [0.3, 0.4) is 0 Å². The highest BCUT2D eigenvalue weighted by atomic mass is 19.1. The Morgan fingerprint density at radius 1 is 1.28 bits per heavy atom. The van der Waals surface area contributed by atoms with Crippen molar-refractivity contribution in [3.05, 3.63) is 47.5 Å². The van der Waals surface area contributed by atoms with Gasteiger partial charge in [-0.25, -0.2) is 9.07 Å². The number of likely N-dealkylation sites (tertiary alicyclic amines) is 1. The highest BCUT2D eigenvalue weighted by Gasteiger charge is 2.30. The smallest absolute Gasteiger partial charge is 0.276 e. The topological polar surface area (TPSA) is 63.5 Å². The molecule has 0 spiro atoms. The highest BCUT2D eigenvalue weighted by molar-refractivity contribution is 5.92. The minimum absolute atomic E-state index is 0.0921. The van der Waals surface area contributed by atoms with Crippen molar-refractivity contribution in [1.82, 2.24) is 24.8 Å². The monoisotopic (exact) mass is 345 g/mol. The van der Waals surface area contributed by atoms with E-state index in [1.54, 1.807) is 27.9 Å². The molecule has 0 atom stereocenters. The molecule has 0 saturated carbocycles. The van der Waals surface area contributed by atoms with Crippen LogP contribution in [-0.4, -0.2) is 70.1 Å². The van der Waals surface area contributed by atoms with E-state index in [0.717, 1.165) is 18.7 Å². The Morgan fingerprint density at radius 3 is 2.84 bits per heavy atom. The fourth-order valence-electron chi connectivity index (χ4n) is 3.21. The molecule has 132 valence electrons. The number of halogens is 1. The SMILES string of the molecule is O=C(c1cn(C2CN(Cc3cccc(F)c3)C2)nn1)N1CCOCC1. The molecule has 0 aliphatic carbocycles. The van der Waals surface area contributed by atoms with Crippen LogP contribution in [0, 0.1) is 5.82 Å². The summed E-state index contributed by atoms with van der Waals surface area (Å²) in [5.74, 6) is -0.303. The molecule has 1 amide bonds. The number of aromatic nitrogens is 3. The lowest BCUT2D eigenvalue weighted by Gasteiger charge is -2.38. The first-order chi connectivity index (χ1) is 12.2. The molecule has 2 aliphatic heterocycles. The zero-order valence-electron chi connectivity index (χ0n) is 13.8. The van der Waals surface area contributed by atoms with Crippen LogP contribution < -0.4 is 0 Å². The molecule has 0 bridgehead atoms. The van der Waals surface area contributed by atoms with Crippen molar-refractivity contribution in [2.24, 2.45) is 0 Å². The van der Waals surface area contributed by atoms with Crippen molar-refractivity contribution in [2.45, 2.75) is 12.6 Å². The van der Waals surface area contributed by atoms with E-state index in [4.69, 9.17) is 4.74 Å². The third-order valence-electron chi connectivity index (χ3n) is 4.63. The van der Waals surface area contributed by atoms with Crippen molar-refractivity contribution < 1.29 is 13.9 Å². The number of rotatable bonds is 4. The van der Waals surface area contributed by atoms with Gasteiger partial charge in [-0.15, -0.1) is 5.10 Å². The number of hydrogen-bond acceptors (Lipinski definition) is 5. The maximum atomic E-state index is 13.2. The zero-order chi connectivity index (χ0) is 17.2. The number of carbonyl (C=O) groups excluding carboxylic acids is 1. The van der Waals surface area contributed by atoms with Gasteiger partial charge < -0.3 is 9.64 Å². The van der Waals surface area contributed by atoms with Crippen LogP contribution in [0.2, 0.25) is 0 Å². The summed E-state index contributed by atoms with van der Waals surface area (Å²) in [5, 5.41) is 8.14. The molecule has 2 saturated heterocycles. The largest absolute Gasteiger partial charge is 0.378 e. The molecule has 1 aromatic heterocycles. The normalized spacial score (nSPS) is 19.0. The number of carbonyl (C=O) groups is 1. The Bertz CT molecular complexity index is 753. The number of amides is 1. The van der Waals surface area contributed by atoms with Gasteiger partial charge in [0.25, 0.3) is 5.91 Å². The number of hydrogen-bond donors (Lipinski definition) is 0. The average molecular weight is 345 g/mol. The van der Waals surface area contributed by atoms with Gasteiger partial charge >= 0.3 is 0 Å². The second-order valence-corrected chi connectivity index (χ2v) is 6.47. The van der Waals surface area contributed by atoms with Crippen LogP contribution in [0.4, 0.5) is 4.39 Å². The number of benzene rings is 1. The van der Waals surface area contributed by atoms with E-state index in [9.17, 15) is 9.18 Å². The van der Waals surface area contributed by atoms with E-state index in [1.807, 2.05) is 6.07 Å². The van der Waals surface area contributed by atoms with Gasteiger partial charge in [-0.3, -0.25) is 9.69 Å². The molecule has 8 heteroatoms. The summed E-state index contributed by atoms with van der Waals surface area (Å²) >= 11 is 0. The summed E-state index contributed by atoms with van der Waals surface area (Å²) in [6, 6.07) is 6.85. The average Bonchev–Trinajstić information content (AvgIpc) is 3.07. The number of ether oxygens (including phenoxy) is 1. The van der Waals surface area contributed by atoms with Gasteiger partial charge in [-0.1, -0.05) is 17.3 Å². The van der Waals surface area contributed by atoms with Crippen molar-refractivity contribution in [3.63, 3.8) is 0 Å². The Balaban J connectivity index is 1.32. The first-order valence-corrected chi connectivity index (χ1v) is 8.45. The molecule has 2 aromatic rings. The van der Waals surface area contributed by atoms with Crippen LogP contribution in [0.5, 0.6) is 0 Å². The van der Waals surface area contributed by atoms with Gasteiger partial charge in [-0.2, -0.15) is 0 Å². The summed E-state index contributed by atoms with van der Waals surface area (Å²) in [7, 11) is 0. The quantitative estimate of drug-likeness (QED) is 0.825. The van der Waals surface area contributed by atoms with E-state index in [-0.39, 0.29) is 17.8 Å². The molecule has 0 radical (unpaired) electrons. The third kappa shape index (κ3) is 3.54. The van der Waals surface area contributed by atoms with Crippen molar-refractivity contribution >= 4 is 5.91 Å². The summed E-state index contributed by atoms with van der Waals surface area (Å²) in [6.45, 7) is 4.65. The Hall–Kier alpha value is -2.32. The van der Waals surface area contributed by atoms with Crippen LogP contribution in [0.1, 0.15) is 22.1 Å². The van der Waals surface area contributed by atoms with Crippen molar-refractivity contribution in [1.29, 1.82) is 0 Å². The van der Waals surface area contributed by atoms with Gasteiger partial charge in [0.2, 0.25) is 0 Å². The maximum absolute atomic E-state index is 13.2. The maximum Gasteiger partial charge on any atom is 0.276 e. The molecule has 1 aromatic carbocycles. The Kier molecular flexibility index (Phi) is 4.46. The van der Waals surface area contributed by atoms with Gasteiger partial charge in [-0.05, 0) is 17.7 Å². The van der Waals surface area contributed by atoms with E-state index >= 15 is 0 Å². The van der Waals surface area contributed by atoms with E-state index < -0.39 is 0 Å². The molecule has 4 rings (SSSR count). The van der Waals surface area contributed by atoms with E-state index in [1.165, 1.54) is 6.07 Å². The molecule has 2 aliphatic rings. The van der Waals surface area contributed by atoms with Crippen molar-refractivity contribution in [3.8, 4) is 0 Å².